The molecule has 0 saturated carbocycles. The maximum absolute atomic E-state index is 3.38. The van der Waals surface area contributed by atoms with E-state index in [1.807, 2.05) is 42.5 Å². The van der Waals surface area contributed by atoms with Gasteiger partial charge in [-0.3, -0.25) is 0 Å². The Hall–Kier alpha value is 0.244. The van der Waals surface area contributed by atoms with E-state index in [1.165, 1.54) is 5.46 Å². The van der Waals surface area contributed by atoms with Gasteiger partial charge in [-0.1, -0.05) is 0 Å². The Balaban J connectivity index is 0.000000246. The van der Waals surface area contributed by atoms with E-state index in [4.69, 9.17) is 0 Å². The Morgan fingerprint density at radius 2 is 1.43 bits per heavy atom. The first kappa shape index (κ1) is 14.2. The van der Waals surface area contributed by atoms with Crippen molar-refractivity contribution in [3.8, 4) is 0 Å². The van der Waals surface area contributed by atoms with Crippen molar-refractivity contribution in [2.24, 2.45) is 0 Å². The van der Waals surface area contributed by atoms with E-state index < -0.39 is 0 Å². The zero-order valence-corrected chi connectivity index (χ0v) is 11.7. The van der Waals surface area contributed by atoms with E-state index in [2.05, 4.69) is 43.6 Å². The number of hydrogen-bond donors (Lipinski definition) is 0. The van der Waals surface area contributed by atoms with Gasteiger partial charge in [0.25, 0.3) is 4.36 Å². The SMILES string of the molecule is BrB(Br)[c-]1cccc1.[Fe+2].c1cc[cH-]c1. The first-order chi connectivity index (χ1) is 6.30. The van der Waals surface area contributed by atoms with Crippen LogP contribution in [0.25, 0.3) is 0 Å². The third-order valence-electron chi connectivity index (χ3n) is 1.50. The average molecular weight is 356 g/mol. The van der Waals surface area contributed by atoms with Gasteiger partial charge in [-0.25, -0.2) is 24.3 Å². The second-order valence-electron chi connectivity index (χ2n) is 2.48. The van der Waals surface area contributed by atoms with Gasteiger partial charge < -0.3 is 0 Å². The van der Waals surface area contributed by atoms with Crippen LogP contribution in [0.5, 0.6) is 0 Å². The molecule has 14 heavy (non-hydrogen) atoms. The summed E-state index contributed by atoms with van der Waals surface area (Å²) in [7, 11) is 0. The molecule has 0 aliphatic rings. The fourth-order valence-corrected chi connectivity index (χ4v) is 1.47. The van der Waals surface area contributed by atoms with Gasteiger partial charge in [0, 0.05) is 0 Å². The molecule has 74 valence electrons. The molecule has 0 heterocycles. The molecule has 0 nitrogen and oxygen atoms in total. The van der Waals surface area contributed by atoms with E-state index in [9.17, 15) is 0 Å². The van der Waals surface area contributed by atoms with Gasteiger partial charge in [-0.05, 0) is 0 Å². The summed E-state index contributed by atoms with van der Waals surface area (Å²) in [5.41, 5.74) is 1.27. The minimum Gasteiger partial charge on any atom is -0.214 e. The molecule has 0 amide bonds. The molecule has 0 saturated heterocycles. The van der Waals surface area contributed by atoms with E-state index in [1.54, 1.807) is 0 Å². The van der Waals surface area contributed by atoms with Gasteiger partial charge in [0.1, 0.15) is 0 Å². The minimum absolute atomic E-state index is 0. The summed E-state index contributed by atoms with van der Waals surface area (Å²) in [6.07, 6.45) is 0. The zero-order valence-electron chi connectivity index (χ0n) is 7.38. The molecule has 0 atom stereocenters. The van der Waals surface area contributed by atoms with E-state index in [0.717, 1.165) is 0 Å². The van der Waals surface area contributed by atoms with E-state index >= 15 is 0 Å². The van der Waals surface area contributed by atoms with Crippen LogP contribution in [-0.4, -0.2) is 4.36 Å². The molecule has 2 aromatic carbocycles. The predicted octanol–water partition coefficient (Wildman–Crippen LogP) is 3.29. The standard InChI is InChI=1S/C5H4BBr2.C5H5.Fe/c7-6(8)5-3-1-2-4-5;1-2-4-5-3-1;/h1-4H;1-5H;/q2*-1;+2. The summed E-state index contributed by atoms with van der Waals surface area (Å²) < 4.78 is 0.310. The van der Waals surface area contributed by atoms with Crippen LogP contribution in [0.4, 0.5) is 0 Å². The molecule has 0 N–H and O–H groups in total. The van der Waals surface area contributed by atoms with E-state index in [-0.39, 0.29) is 17.1 Å². The molecular weight excluding hydrogens is 347 g/mol. The molecule has 2 rings (SSSR count). The molecule has 0 unspecified atom stereocenters. The van der Waals surface area contributed by atoms with Crippen LogP contribution >= 0.6 is 31.5 Å². The quantitative estimate of drug-likeness (QED) is 0.544. The van der Waals surface area contributed by atoms with Crippen molar-refractivity contribution in [3.05, 3.63) is 54.6 Å². The topological polar surface area (TPSA) is 0 Å². The normalized spacial score (nSPS) is 8.14. The van der Waals surface area contributed by atoms with E-state index in [0.29, 0.717) is 4.36 Å². The molecule has 0 aliphatic heterocycles. The molecule has 0 spiro atoms. The summed E-state index contributed by atoms with van der Waals surface area (Å²) in [5.74, 6) is 0. The summed E-state index contributed by atoms with van der Waals surface area (Å²) in [4.78, 5) is 0. The first-order valence-corrected chi connectivity index (χ1v) is 5.80. The van der Waals surface area contributed by atoms with Crippen molar-refractivity contribution < 1.29 is 17.1 Å². The average Bonchev–Trinajstić information content (AvgIpc) is 2.82. The Labute approximate surface area is 112 Å². The zero-order chi connectivity index (χ0) is 9.52. The van der Waals surface area contributed by atoms with Crippen molar-refractivity contribution in [2.75, 3.05) is 0 Å². The Morgan fingerprint density at radius 3 is 1.64 bits per heavy atom. The Bertz CT molecular complexity index is 273. The van der Waals surface area contributed by atoms with Crippen LogP contribution in [0.1, 0.15) is 0 Å². The summed E-state index contributed by atoms with van der Waals surface area (Å²) in [5, 5.41) is 0. The van der Waals surface area contributed by atoms with Crippen LogP contribution < -0.4 is 5.46 Å². The molecular formula is C10H9BBr2Fe. The molecule has 0 radical (unpaired) electrons. The summed E-state index contributed by atoms with van der Waals surface area (Å²) in [6, 6.07) is 18.2. The molecule has 2 aromatic rings. The molecule has 0 fully saturated rings. The fourth-order valence-electron chi connectivity index (χ4n) is 0.855. The van der Waals surface area contributed by atoms with Gasteiger partial charge >= 0.3 is 17.1 Å². The molecule has 0 aliphatic carbocycles. The first-order valence-electron chi connectivity index (χ1n) is 3.97. The molecule has 0 bridgehead atoms. The second-order valence-corrected chi connectivity index (χ2v) is 5.54. The van der Waals surface area contributed by atoms with Crippen LogP contribution in [0.3, 0.4) is 0 Å². The van der Waals surface area contributed by atoms with Gasteiger partial charge in [0.05, 0.1) is 0 Å². The summed E-state index contributed by atoms with van der Waals surface area (Å²) >= 11 is 6.76. The van der Waals surface area contributed by atoms with Crippen molar-refractivity contribution in [1.82, 2.24) is 0 Å². The van der Waals surface area contributed by atoms with Gasteiger partial charge in [-0.15, -0.1) is 0 Å². The van der Waals surface area contributed by atoms with Crippen molar-refractivity contribution >= 4 is 41.3 Å². The van der Waals surface area contributed by atoms with Crippen LogP contribution in [0, 0.1) is 0 Å². The van der Waals surface area contributed by atoms with Gasteiger partial charge in [-0.2, -0.15) is 67.3 Å². The third-order valence-corrected chi connectivity index (χ3v) is 2.55. The smallest absolute Gasteiger partial charge is 0.214 e. The maximum Gasteiger partial charge on any atom is 2.00 e. The number of hydrogen-bond acceptors (Lipinski definition) is 0. The molecule has 4 heteroatoms. The van der Waals surface area contributed by atoms with Gasteiger partial charge in [0.2, 0.25) is 0 Å². The van der Waals surface area contributed by atoms with Crippen molar-refractivity contribution in [2.45, 2.75) is 0 Å². The van der Waals surface area contributed by atoms with Crippen molar-refractivity contribution in [3.63, 3.8) is 0 Å². The number of halogens is 2. The molecule has 0 aromatic heterocycles. The van der Waals surface area contributed by atoms with Crippen molar-refractivity contribution in [1.29, 1.82) is 0 Å². The van der Waals surface area contributed by atoms with Crippen LogP contribution in [-0.2, 0) is 17.1 Å². The second kappa shape index (κ2) is 8.54. The minimum atomic E-state index is 0. The Kier molecular flexibility index (Phi) is 8.69. The number of rotatable bonds is 1. The van der Waals surface area contributed by atoms with Crippen LogP contribution in [0.2, 0.25) is 0 Å². The largest absolute Gasteiger partial charge is 2.00 e. The summed E-state index contributed by atoms with van der Waals surface area (Å²) in [6.45, 7) is 0. The monoisotopic (exact) mass is 354 g/mol. The predicted molar refractivity (Wildman–Crippen MR) is 67.3 cm³/mol. The Morgan fingerprint density at radius 1 is 0.929 bits per heavy atom. The van der Waals surface area contributed by atoms with Crippen LogP contribution in [0.15, 0.2) is 54.6 Å². The fraction of sp³-hybridized carbons (Fsp3) is 0. The maximum atomic E-state index is 3.38. The third kappa shape index (κ3) is 5.87. The van der Waals surface area contributed by atoms with Gasteiger partial charge in [0.15, 0.2) is 0 Å².